The molecule has 0 radical (unpaired) electrons. The van der Waals surface area contributed by atoms with Gasteiger partial charge in [-0.05, 0) is 43.5 Å². The molecule has 1 heterocycles. The van der Waals surface area contributed by atoms with Crippen molar-refractivity contribution in [2.45, 2.75) is 37.2 Å². The first-order valence-electron chi connectivity index (χ1n) is 9.06. The van der Waals surface area contributed by atoms with Crippen LogP contribution in [0.2, 0.25) is 0 Å². The molecular formula is C21H23NO3S. The Labute approximate surface area is 158 Å². The number of ether oxygens (including phenoxy) is 2. The third kappa shape index (κ3) is 4.15. The first-order valence-corrected chi connectivity index (χ1v) is 10.0. The third-order valence-corrected chi connectivity index (χ3v) is 5.64. The van der Waals surface area contributed by atoms with Crippen molar-refractivity contribution in [2.75, 3.05) is 19.0 Å². The molecule has 2 aromatic rings. The van der Waals surface area contributed by atoms with Crippen molar-refractivity contribution in [3.05, 3.63) is 53.6 Å². The topological polar surface area (TPSA) is 38.8 Å². The lowest BCUT2D eigenvalue weighted by atomic mass is 10.1. The number of benzene rings is 2. The maximum atomic E-state index is 12.8. The molecule has 4 nitrogen and oxygen atoms in total. The van der Waals surface area contributed by atoms with Gasteiger partial charge in [0.1, 0.15) is 13.2 Å². The van der Waals surface area contributed by atoms with E-state index in [2.05, 4.69) is 31.2 Å². The molecule has 136 valence electrons. The van der Waals surface area contributed by atoms with E-state index >= 15 is 0 Å². The Hall–Kier alpha value is -2.14. The first-order chi connectivity index (χ1) is 12.7. The van der Waals surface area contributed by atoms with Crippen LogP contribution in [0, 0.1) is 6.92 Å². The molecule has 0 atom stereocenters. The van der Waals surface area contributed by atoms with Crippen LogP contribution in [0.25, 0.3) is 0 Å². The van der Waals surface area contributed by atoms with Crippen molar-refractivity contribution in [1.82, 2.24) is 4.90 Å². The fourth-order valence-corrected chi connectivity index (χ4v) is 3.85. The van der Waals surface area contributed by atoms with Crippen molar-refractivity contribution in [2.24, 2.45) is 0 Å². The predicted octanol–water partition coefficient (Wildman–Crippen LogP) is 4.05. The van der Waals surface area contributed by atoms with Crippen LogP contribution in [0.5, 0.6) is 11.5 Å². The second-order valence-corrected chi connectivity index (χ2v) is 7.88. The summed E-state index contributed by atoms with van der Waals surface area (Å²) in [5, 5.41) is 0. The maximum absolute atomic E-state index is 12.8. The molecule has 0 bridgehead atoms. The second kappa shape index (κ2) is 7.62. The number of nitrogens with zero attached hydrogens (tertiary/aromatic N) is 1. The van der Waals surface area contributed by atoms with Gasteiger partial charge in [-0.25, -0.2) is 0 Å². The third-order valence-electron chi connectivity index (χ3n) is 4.66. The Morgan fingerprint density at radius 2 is 1.81 bits per heavy atom. The highest BCUT2D eigenvalue weighted by molar-refractivity contribution is 8.00. The van der Waals surface area contributed by atoms with E-state index in [9.17, 15) is 4.79 Å². The van der Waals surface area contributed by atoms with Crippen LogP contribution in [0.3, 0.4) is 0 Å². The van der Waals surface area contributed by atoms with E-state index in [1.165, 1.54) is 11.1 Å². The van der Waals surface area contributed by atoms with E-state index < -0.39 is 0 Å². The smallest absolute Gasteiger partial charge is 0.233 e. The van der Waals surface area contributed by atoms with Gasteiger partial charge in [-0.3, -0.25) is 4.79 Å². The molecule has 2 aliphatic rings. The number of hydrogen-bond acceptors (Lipinski definition) is 4. The maximum Gasteiger partial charge on any atom is 0.233 e. The van der Waals surface area contributed by atoms with Gasteiger partial charge in [0.2, 0.25) is 5.91 Å². The van der Waals surface area contributed by atoms with Gasteiger partial charge in [0, 0.05) is 17.5 Å². The highest BCUT2D eigenvalue weighted by atomic mass is 32.2. The van der Waals surface area contributed by atoms with E-state index in [4.69, 9.17) is 9.47 Å². The van der Waals surface area contributed by atoms with E-state index in [1.54, 1.807) is 11.8 Å². The van der Waals surface area contributed by atoms with Gasteiger partial charge in [-0.2, -0.15) is 0 Å². The minimum atomic E-state index is 0.202. The number of carbonyl (C=O) groups is 1. The van der Waals surface area contributed by atoms with Gasteiger partial charge in [0.25, 0.3) is 0 Å². The Bertz CT molecular complexity index is 786. The molecule has 0 aromatic heterocycles. The average Bonchev–Trinajstić information content (AvgIpc) is 3.50. The molecule has 1 saturated carbocycles. The summed E-state index contributed by atoms with van der Waals surface area (Å²) < 4.78 is 11.2. The van der Waals surface area contributed by atoms with Gasteiger partial charge in [-0.1, -0.05) is 29.8 Å². The summed E-state index contributed by atoms with van der Waals surface area (Å²) in [6, 6.07) is 14.7. The number of rotatable bonds is 6. The first kappa shape index (κ1) is 17.3. The van der Waals surface area contributed by atoms with Crippen LogP contribution < -0.4 is 9.47 Å². The van der Waals surface area contributed by atoms with Crippen molar-refractivity contribution in [1.29, 1.82) is 0 Å². The molecule has 4 rings (SSSR count). The molecular weight excluding hydrogens is 346 g/mol. The predicted molar refractivity (Wildman–Crippen MR) is 103 cm³/mol. The van der Waals surface area contributed by atoms with Gasteiger partial charge < -0.3 is 14.4 Å². The van der Waals surface area contributed by atoms with Gasteiger partial charge in [-0.15, -0.1) is 11.8 Å². The van der Waals surface area contributed by atoms with Crippen LogP contribution in [-0.4, -0.2) is 35.8 Å². The van der Waals surface area contributed by atoms with Crippen molar-refractivity contribution in [3.63, 3.8) is 0 Å². The number of fused-ring (bicyclic) bond motifs is 1. The lowest BCUT2D eigenvalue weighted by Crippen LogP contribution is -2.33. The highest BCUT2D eigenvalue weighted by Gasteiger charge is 2.32. The standard InChI is InChI=1S/C21H23NO3S/c1-15-2-4-16(5-3-15)13-22(17-6-7-17)21(23)14-26-18-8-9-19-20(12-18)25-11-10-24-19/h2-5,8-9,12,17H,6-7,10-11,13-14H2,1H3. The van der Waals surface area contributed by atoms with Gasteiger partial charge in [0.15, 0.2) is 11.5 Å². The largest absolute Gasteiger partial charge is 0.486 e. The van der Waals surface area contributed by atoms with E-state index in [-0.39, 0.29) is 5.91 Å². The minimum absolute atomic E-state index is 0.202. The molecule has 0 N–H and O–H groups in total. The molecule has 2 aromatic carbocycles. The summed E-state index contributed by atoms with van der Waals surface area (Å²) in [4.78, 5) is 15.9. The van der Waals surface area contributed by atoms with Crippen molar-refractivity contribution < 1.29 is 14.3 Å². The van der Waals surface area contributed by atoms with Crippen LogP contribution in [0.4, 0.5) is 0 Å². The second-order valence-electron chi connectivity index (χ2n) is 6.83. The zero-order valence-electron chi connectivity index (χ0n) is 14.9. The molecule has 1 aliphatic heterocycles. The van der Waals surface area contributed by atoms with E-state index in [0.29, 0.717) is 31.6 Å². The Morgan fingerprint density at radius 1 is 1.08 bits per heavy atom. The fourth-order valence-electron chi connectivity index (χ4n) is 3.04. The van der Waals surface area contributed by atoms with Crippen molar-refractivity contribution >= 4 is 17.7 Å². The molecule has 1 amide bonds. The van der Waals surface area contributed by atoms with Crippen LogP contribution >= 0.6 is 11.8 Å². The summed E-state index contributed by atoms with van der Waals surface area (Å²) in [5.41, 5.74) is 2.44. The van der Waals surface area contributed by atoms with Crippen LogP contribution in [0.15, 0.2) is 47.4 Å². The summed E-state index contributed by atoms with van der Waals surface area (Å²) in [6.07, 6.45) is 2.23. The van der Waals surface area contributed by atoms with Gasteiger partial charge >= 0.3 is 0 Å². The number of amides is 1. The van der Waals surface area contributed by atoms with Crippen LogP contribution in [0.1, 0.15) is 24.0 Å². The molecule has 26 heavy (non-hydrogen) atoms. The SMILES string of the molecule is Cc1ccc(CN(C(=O)CSc2ccc3c(c2)OCCO3)C2CC2)cc1. The summed E-state index contributed by atoms with van der Waals surface area (Å²) in [5.74, 6) is 2.20. The Kier molecular flexibility index (Phi) is 5.07. The Balaban J connectivity index is 1.38. The molecule has 1 aliphatic carbocycles. The van der Waals surface area contributed by atoms with E-state index in [1.807, 2.05) is 23.1 Å². The Morgan fingerprint density at radius 3 is 2.54 bits per heavy atom. The van der Waals surface area contributed by atoms with E-state index in [0.717, 1.165) is 29.2 Å². The summed E-state index contributed by atoms with van der Waals surface area (Å²) in [6.45, 7) is 3.95. The molecule has 5 heteroatoms. The number of carbonyl (C=O) groups excluding carboxylic acids is 1. The van der Waals surface area contributed by atoms with Crippen molar-refractivity contribution in [3.8, 4) is 11.5 Å². The number of aryl methyl sites for hydroxylation is 1. The minimum Gasteiger partial charge on any atom is -0.486 e. The molecule has 1 fully saturated rings. The highest BCUT2D eigenvalue weighted by Crippen LogP contribution is 2.35. The number of hydrogen-bond donors (Lipinski definition) is 0. The normalized spacial score (nSPS) is 15.6. The zero-order chi connectivity index (χ0) is 17.9. The van der Waals surface area contributed by atoms with Crippen LogP contribution in [-0.2, 0) is 11.3 Å². The quantitative estimate of drug-likeness (QED) is 0.720. The molecule has 0 saturated heterocycles. The summed E-state index contributed by atoms with van der Waals surface area (Å²) in [7, 11) is 0. The molecule has 0 unspecified atom stereocenters. The van der Waals surface area contributed by atoms with Gasteiger partial charge in [0.05, 0.1) is 5.75 Å². The summed E-state index contributed by atoms with van der Waals surface area (Å²) >= 11 is 1.56. The fraction of sp³-hybridized carbons (Fsp3) is 0.381. The number of thioether (sulfide) groups is 1. The average molecular weight is 369 g/mol. The molecule has 0 spiro atoms. The lowest BCUT2D eigenvalue weighted by Gasteiger charge is -2.23. The zero-order valence-corrected chi connectivity index (χ0v) is 15.8. The lowest BCUT2D eigenvalue weighted by molar-refractivity contribution is -0.129. The monoisotopic (exact) mass is 369 g/mol.